The summed E-state index contributed by atoms with van der Waals surface area (Å²) >= 11 is 0. The Bertz CT molecular complexity index is 350. The number of nitrogens with zero attached hydrogens (tertiary/aromatic N) is 1. The summed E-state index contributed by atoms with van der Waals surface area (Å²) in [7, 11) is 2.08. The Morgan fingerprint density at radius 3 is 2.56 bits per heavy atom. The van der Waals surface area contributed by atoms with Crippen molar-refractivity contribution in [3.8, 4) is 11.5 Å². The van der Waals surface area contributed by atoms with E-state index in [9.17, 15) is 5.11 Å². The number of hydrogen-bond donors (Lipinski definition) is 1. The summed E-state index contributed by atoms with van der Waals surface area (Å²) in [5.41, 5.74) is 2.23. The lowest BCUT2D eigenvalue weighted by Gasteiger charge is -2.18. The highest BCUT2D eigenvalue weighted by Gasteiger charge is 2.11. The van der Waals surface area contributed by atoms with E-state index in [1.54, 1.807) is 6.07 Å². The Morgan fingerprint density at radius 1 is 1.31 bits per heavy atom. The molecule has 0 bridgehead atoms. The smallest absolute Gasteiger partial charge is 0.164 e. The first-order chi connectivity index (χ1) is 7.60. The van der Waals surface area contributed by atoms with E-state index in [2.05, 4.69) is 18.9 Å². The number of hydrogen-bond acceptors (Lipinski definition) is 3. The molecule has 16 heavy (non-hydrogen) atoms. The van der Waals surface area contributed by atoms with Crippen molar-refractivity contribution in [2.75, 3.05) is 20.2 Å². The van der Waals surface area contributed by atoms with Crippen LogP contribution in [0.4, 0.5) is 0 Å². The van der Waals surface area contributed by atoms with Crippen molar-refractivity contribution in [3.63, 3.8) is 0 Å². The normalized spacial score (nSPS) is 10.8. The Balaban J connectivity index is 2.98. The van der Waals surface area contributed by atoms with Gasteiger partial charge in [-0.15, -0.1) is 0 Å². The number of rotatable bonds is 5. The molecule has 0 saturated heterocycles. The molecular weight excluding hydrogens is 202 g/mol. The highest BCUT2D eigenvalue weighted by atomic mass is 16.5. The minimum atomic E-state index is 0.224. The van der Waals surface area contributed by atoms with Crippen molar-refractivity contribution in [2.24, 2.45) is 0 Å². The molecule has 0 amide bonds. The van der Waals surface area contributed by atoms with Crippen LogP contribution in [0.3, 0.4) is 0 Å². The Morgan fingerprint density at radius 2 is 2.00 bits per heavy atom. The lowest BCUT2D eigenvalue weighted by molar-refractivity contribution is 0.311. The fourth-order valence-corrected chi connectivity index (χ4v) is 1.62. The van der Waals surface area contributed by atoms with Gasteiger partial charge in [0.2, 0.25) is 0 Å². The molecular formula is C13H21NO2. The van der Waals surface area contributed by atoms with Crippen molar-refractivity contribution < 1.29 is 9.84 Å². The molecule has 3 heteroatoms. The molecule has 0 aliphatic rings. The molecule has 1 aromatic carbocycles. The van der Waals surface area contributed by atoms with Crippen LogP contribution in [0, 0.1) is 6.92 Å². The topological polar surface area (TPSA) is 32.7 Å². The van der Waals surface area contributed by atoms with Gasteiger partial charge in [0.25, 0.3) is 0 Å². The molecule has 0 spiro atoms. The van der Waals surface area contributed by atoms with Crippen molar-refractivity contribution in [2.45, 2.75) is 27.3 Å². The summed E-state index contributed by atoms with van der Waals surface area (Å²) in [6.45, 7) is 8.49. The molecule has 0 radical (unpaired) electrons. The number of aromatic hydroxyl groups is 1. The molecule has 1 N–H and O–H groups in total. The Labute approximate surface area is 97.7 Å². The van der Waals surface area contributed by atoms with Crippen molar-refractivity contribution >= 4 is 0 Å². The van der Waals surface area contributed by atoms with Crippen LogP contribution >= 0.6 is 0 Å². The third-order valence-electron chi connectivity index (χ3n) is 2.77. The van der Waals surface area contributed by atoms with Gasteiger partial charge in [-0.2, -0.15) is 0 Å². The number of phenolic OH excluding ortho intramolecular Hbond substituents is 1. The second-order valence-electron chi connectivity index (χ2n) is 3.96. The maximum Gasteiger partial charge on any atom is 0.164 e. The molecule has 0 saturated carbocycles. The lowest BCUT2D eigenvalue weighted by Crippen LogP contribution is -2.17. The first-order valence-electron chi connectivity index (χ1n) is 5.72. The summed E-state index contributed by atoms with van der Waals surface area (Å²) in [5.74, 6) is 0.840. The summed E-state index contributed by atoms with van der Waals surface area (Å²) in [6.07, 6.45) is 0. The van der Waals surface area contributed by atoms with E-state index in [1.165, 1.54) is 5.56 Å². The van der Waals surface area contributed by atoms with Crippen LogP contribution in [0.15, 0.2) is 12.1 Å². The lowest BCUT2D eigenvalue weighted by atomic mass is 10.1. The Kier molecular flexibility index (Phi) is 4.62. The van der Waals surface area contributed by atoms with Gasteiger partial charge in [-0.1, -0.05) is 13.0 Å². The van der Waals surface area contributed by atoms with Gasteiger partial charge < -0.3 is 14.7 Å². The SMILES string of the molecule is CCOc1c(O)ccc(CN(C)CC)c1C. The van der Waals surface area contributed by atoms with Gasteiger partial charge in [0.05, 0.1) is 6.61 Å². The van der Waals surface area contributed by atoms with E-state index in [0.29, 0.717) is 12.4 Å². The maximum atomic E-state index is 9.70. The molecule has 1 rings (SSSR count). The van der Waals surface area contributed by atoms with E-state index >= 15 is 0 Å². The Hall–Kier alpha value is -1.22. The van der Waals surface area contributed by atoms with Crippen LogP contribution in [-0.4, -0.2) is 30.2 Å². The van der Waals surface area contributed by atoms with Gasteiger partial charge in [0.15, 0.2) is 11.5 Å². The highest BCUT2D eigenvalue weighted by Crippen LogP contribution is 2.32. The molecule has 90 valence electrons. The zero-order valence-electron chi connectivity index (χ0n) is 10.6. The van der Waals surface area contributed by atoms with E-state index in [4.69, 9.17) is 4.74 Å². The van der Waals surface area contributed by atoms with E-state index in [-0.39, 0.29) is 5.75 Å². The molecule has 0 aliphatic carbocycles. The predicted octanol–water partition coefficient (Wildman–Crippen LogP) is 2.55. The summed E-state index contributed by atoms with van der Waals surface area (Å²) in [6, 6.07) is 3.66. The van der Waals surface area contributed by atoms with Crippen LogP contribution in [0.1, 0.15) is 25.0 Å². The molecule has 0 atom stereocenters. The molecule has 1 aromatic rings. The molecule has 3 nitrogen and oxygen atoms in total. The summed E-state index contributed by atoms with van der Waals surface area (Å²) < 4.78 is 5.45. The van der Waals surface area contributed by atoms with Crippen LogP contribution < -0.4 is 4.74 Å². The summed E-state index contributed by atoms with van der Waals surface area (Å²) in [5, 5.41) is 9.70. The molecule has 0 aliphatic heterocycles. The van der Waals surface area contributed by atoms with Gasteiger partial charge >= 0.3 is 0 Å². The second kappa shape index (κ2) is 5.75. The van der Waals surface area contributed by atoms with E-state index < -0.39 is 0 Å². The van der Waals surface area contributed by atoms with Crippen molar-refractivity contribution in [1.29, 1.82) is 0 Å². The van der Waals surface area contributed by atoms with Crippen LogP contribution in [0.25, 0.3) is 0 Å². The molecule has 0 heterocycles. The van der Waals surface area contributed by atoms with E-state index in [1.807, 2.05) is 19.9 Å². The number of benzene rings is 1. The molecule has 0 fully saturated rings. The standard InChI is InChI=1S/C13H21NO2/c1-5-14(4)9-11-7-8-12(15)13(10(11)3)16-6-2/h7-8,15H,5-6,9H2,1-4H3. The third kappa shape index (κ3) is 2.89. The van der Waals surface area contributed by atoms with Gasteiger partial charge in [0.1, 0.15) is 0 Å². The maximum absolute atomic E-state index is 9.70. The van der Waals surface area contributed by atoms with Crippen LogP contribution in [0.2, 0.25) is 0 Å². The van der Waals surface area contributed by atoms with Gasteiger partial charge in [-0.25, -0.2) is 0 Å². The molecule has 0 unspecified atom stereocenters. The number of phenols is 1. The van der Waals surface area contributed by atoms with Gasteiger partial charge in [-0.05, 0) is 44.6 Å². The third-order valence-corrected chi connectivity index (χ3v) is 2.77. The largest absolute Gasteiger partial charge is 0.504 e. The van der Waals surface area contributed by atoms with Gasteiger partial charge in [-0.3, -0.25) is 0 Å². The first kappa shape index (κ1) is 12.8. The van der Waals surface area contributed by atoms with Gasteiger partial charge in [0, 0.05) is 6.54 Å². The molecule has 0 aromatic heterocycles. The first-order valence-corrected chi connectivity index (χ1v) is 5.72. The van der Waals surface area contributed by atoms with Crippen LogP contribution in [0.5, 0.6) is 11.5 Å². The minimum absolute atomic E-state index is 0.224. The average Bonchev–Trinajstić information content (AvgIpc) is 2.28. The second-order valence-corrected chi connectivity index (χ2v) is 3.96. The fourth-order valence-electron chi connectivity index (χ4n) is 1.62. The van der Waals surface area contributed by atoms with Crippen molar-refractivity contribution in [3.05, 3.63) is 23.3 Å². The highest BCUT2D eigenvalue weighted by molar-refractivity contribution is 5.49. The predicted molar refractivity (Wildman–Crippen MR) is 66.0 cm³/mol. The van der Waals surface area contributed by atoms with Crippen molar-refractivity contribution in [1.82, 2.24) is 4.90 Å². The fraction of sp³-hybridized carbons (Fsp3) is 0.538. The zero-order valence-corrected chi connectivity index (χ0v) is 10.6. The minimum Gasteiger partial charge on any atom is -0.504 e. The zero-order chi connectivity index (χ0) is 12.1. The monoisotopic (exact) mass is 223 g/mol. The number of ether oxygens (including phenoxy) is 1. The summed E-state index contributed by atoms with van der Waals surface area (Å²) in [4.78, 5) is 2.22. The quantitative estimate of drug-likeness (QED) is 0.832. The average molecular weight is 223 g/mol. The van der Waals surface area contributed by atoms with E-state index in [0.717, 1.165) is 18.7 Å². The van der Waals surface area contributed by atoms with Crippen LogP contribution in [-0.2, 0) is 6.54 Å².